The molecule has 0 unspecified atom stereocenters. The minimum absolute atomic E-state index is 0.124. The smallest absolute Gasteiger partial charge is 0.255 e. The summed E-state index contributed by atoms with van der Waals surface area (Å²) >= 11 is 1.65. The standard InChI is InChI=1S/C20H16N4OS/c25-20(16-9-7-15(8-10-16)12-24-14-21-13-22-24)23-18-5-2-1-4-17(18)19-6-3-11-26-19/h1-11,13-14H,12H2,(H,23,25). The number of carbonyl (C=O) groups excluding carboxylic acids is 1. The van der Waals surface area contributed by atoms with Crippen molar-refractivity contribution < 1.29 is 4.79 Å². The summed E-state index contributed by atoms with van der Waals surface area (Å²) in [4.78, 5) is 17.7. The summed E-state index contributed by atoms with van der Waals surface area (Å²) in [6.07, 6.45) is 3.18. The van der Waals surface area contributed by atoms with Gasteiger partial charge in [0.1, 0.15) is 12.7 Å². The monoisotopic (exact) mass is 360 g/mol. The lowest BCUT2D eigenvalue weighted by Crippen LogP contribution is -2.12. The van der Waals surface area contributed by atoms with E-state index in [1.165, 1.54) is 6.33 Å². The first-order valence-electron chi connectivity index (χ1n) is 8.15. The van der Waals surface area contributed by atoms with E-state index in [2.05, 4.69) is 21.5 Å². The van der Waals surface area contributed by atoms with Crippen LogP contribution in [0, 0.1) is 0 Å². The molecule has 0 aliphatic carbocycles. The Hall–Kier alpha value is -3.25. The number of rotatable bonds is 5. The first-order valence-corrected chi connectivity index (χ1v) is 9.03. The Morgan fingerprint density at radius 2 is 1.88 bits per heavy atom. The van der Waals surface area contributed by atoms with Crippen LogP contribution in [0.5, 0.6) is 0 Å². The molecule has 5 nitrogen and oxygen atoms in total. The lowest BCUT2D eigenvalue weighted by Gasteiger charge is -2.10. The molecule has 4 aromatic rings. The van der Waals surface area contributed by atoms with Gasteiger partial charge in [0.2, 0.25) is 0 Å². The van der Waals surface area contributed by atoms with E-state index in [0.29, 0.717) is 12.1 Å². The van der Waals surface area contributed by atoms with Gasteiger partial charge in [0.15, 0.2) is 0 Å². The van der Waals surface area contributed by atoms with Gasteiger partial charge >= 0.3 is 0 Å². The highest BCUT2D eigenvalue weighted by Gasteiger charge is 2.11. The zero-order chi connectivity index (χ0) is 17.8. The number of nitrogens with zero attached hydrogens (tertiary/aromatic N) is 3. The summed E-state index contributed by atoms with van der Waals surface area (Å²) in [6.45, 7) is 0.628. The molecule has 0 fully saturated rings. The molecule has 2 heterocycles. The second-order valence-electron chi connectivity index (χ2n) is 5.77. The van der Waals surface area contributed by atoms with Crippen LogP contribution in [0.1, 0.15) is 15.9 Å². The Balaban J connectivity index is 1.50. The van der Waals surface area contributed by atoms with Crippen molar-refractivity contribution in [1.29, 1.82) is 0 Å². The SMILES string of the molecule is O=C(Nc1ccccc1-c1cccs1)c1ccc(Cn2cncn2)cc1. The Bertz CT molecular complexity index is 993. The lowest BCUT2D eigenvalue weighted by atomic mass is 10.1. The Kier molecular flexibility index (Phi) is 4.57. The maximum Gasteiger partial charge on any atom is 0.255 e. The number of amides is 1. The van der Waals surface area contributed by atoms with Gasteiger partial charge in [-0.1, -0.05) is 36.4 Å². The quantitative estimate of drug-likeness (QED) is 0.577. The topological polar surface area (TPSA) is 59.8 Å². The average Bonchev–Trinajstić information content (AvgIpc) is 3.37. The summed E-state index contributed by atoms with van der Waals surface area (Å²) in [5.74, 6) is -0.124. The molecule has 128 valence electrons. The third kappa shape index (κ3) is 3.55. The molecule has 0 bridgehead atoms. The largest absolute Gasteiger partial charge is 0.321 e. The molecule has 0 aliphatic heterocycles. The van der Waals surface area contributed by atoms with Crippen molar-refractivity contribution in [3.8, 4) is 10.4 Å². The number of aromatic nitrogens is 3. The number of thiophene rings is 1. The van der Waals surface area contributed by atoms with E-state index in [9.17, 15) is 4.79 Å². The summed E-state index contributed by atoms with van der Waals surface area (Å²) < 4.78 is 1.74. The number of nitrogens with one attached hydrogen (secondary N) is 1. The molecule has 0 atom stereocenters. The zero-order valence-electron chi connectivity index (χ0n) is 13.9. The lowest BCUT2D eigenvalue weighted by molar-refractivity contribution is 0.102. The number of hydrogen-bond donors (Lipinski definition) is 1. The number of hydrogen-bond acceptors (Lipinski definition) is 4. The molecule has 2 aromatic carbocycles. The van der Waals surface area contributed by atoms with Gasteiger partial charge in [0.25, 0.3) is 5.91 Å². The van der Waals surface area contributed by atoms with Gasteiger partial charge < -0.3 is 5.32 Å². The third-order valence-electron chi connectivity index (χ3n) is 3.99. The molecule has 0 saturated carbocycles. The minimum Gasteiger partial charge on any atom is -0.321 e. The van der Waals surface area contributed by atoms with Crippen LogP contribution in [0.25, 0.3) is 10.4 Å². The molecule has 4 rings (SSSR count). The van der Waals surface area contributed by atoms with E-state index in [0.717, 1.165) is 21.7 Å². The molecule has 1 N–H and O–H groups in total. The Labute approximate surface area is 155 Å². The van der Waals surface area contributed by atoms with Crippen LogP contribution in [-0.4, -0.2) is 20.7 Å². The van der Waals surface area contributed by atoms with Crippen molar-refractivity contribution in [2.24, 2.45) is 0 Å². The van der Waals surface area contributed by atoms with Crippen LogP contribution >= 0.6 is 11.3 Å². The van der Waals surface area contributed by atoms with E-state index in [-0.39, 0.29) is 5.91 Å². The maximum atomic E-state index is 12.6. The van der Waals surface area contributed by atoms with Crippen LogP contribution < -0.4 is 5.32 Å². The molecule has 2 aromatic heterocycles. The van der Waals surface area contributed by atoms with E-state index in [1.807, 2.05) is 60.0 Å². The predicted octanol–water partition coefficient (Wildman–Crippen LogP) is 4.31. The van der Waals surface area contributed by atoms with Crippen molar-refractivity contribution in [1.82, 2.24) is 14.8 Å². The van der Waals surface area contributed by atoms with Crippen LogP contribution in [0.2, 0.25) is 0 Å². The fourth-order valence-electron chi connectivity index (χ4n) is 2.70. The van der Waals surface area contributed by atoms with Gasteiger partial charge in [0, 0.05) is 21.7 Å². The molecule has 1 amide bonds. The van der Waals surface area contributed by atoms with E-state index in [1.54, 1.807) is 22.3 Å². The normalized spacial score (nSPS) is 10.6. The molecule has 0 spiro atoms. The summed E-state index contributed by atoms with van der Waals surface area (Å²) in [7, 11) is 0. The van der Waals surface area contributed by atoms with Gasteiger partial charge in [-0.25, -0.2) is 9.67 Å². The van der Waals surface area contributed by atoms with Crippen molar-refractivity contribution in [3.63, 3.8) is 0 Å². The molecule has 0 radical (unpaired) electrons. The number of para-hydroxylation sites is 1. The Morgan fingerprint density at radius 1 is 1.04 bits per heavy atom. The fourth-order valence-corrected chi connectivity index (χ4v) is 3.46. The number of anilines is 1. The van der Waals surface area contributed by atoms with Gasteiger partial charge in [-0.05, 0) is 35.2 Å². The van der Waals surface area contributed by atoms with Crippen molar-refractivity contribution in [2.75, 3.05) is 5.32 Å². The molecule has 6 heteroatoms. The van der Waals surface area contributed by atoms with Gasteiger partial charge in [-0.3, -0.25) is 4.79 Å². The van der Waals surface area contributed by atoms with E-state index >= 15 is 0 Å². The maximum absolute atomic E-state index is 12.6. The Morgan fingerprint density at radius 3 is 2.62 bits per heavy atom. The van der Waals surface area contributed by atoms with Gasteiger partial charge in [-0.15, -0.1) is 11.3 Å². The predicted molar refractivity (Wildman–Crippen MR) is 103 cm³/mol. The van der Waals surface area contributed by atoms with Crippen molar-refractivity contribution in [3.05, 3.63) is 89.8 Å². The molecule has 26 heavy (non-hydrogen) atoms. The second-order valence-corrected chi connectivity index (χ2v) is 6.71. The van der Waals surface area contributed by atoms with Crippen LogP contribution in [0.3, 0.4) is 0 Å². The average molecular weight is 360 g/mol. The highest BCUT2D eigenvalue weighted by Crippen LogP contribution is 2.31. The minimum atomic E-state index is -0.124. The first kappa shape index (κ1) is 16.2. The van der Waals surface area contributed by atoms with Crippen molar-refractivity contribution in [2.45, 2.75) is 6.54 Å². The summed E-state index contributed by atoms with van der Waals surface area (Å²) in [5, 5.41) is 9.14. The highest BCUT2D eigenvalue weighted by atomic mass is 32.1. The molecule has 0 saturated heterocycles. The van der Waals surface area contributed by atoms with Crippen LogP contribution in [0.4, 0.5) is 5.69 Å². The zero-order valence-corrected chi connectivity index (χ0v) is 14.7. The summed E-state index contributed by atoms with van der Waals surface area (Å²) in [5.41, 5.74) is 3.52. The molecular formula is C20H16N4OS. The van der Waals surface area contributed by atoms with Gasteiger partial charge in [0.05, 0.1) is 6.54 Å². The van der Waals surface area contributed by atoms with Gasteiger partial charge in [-0.2, -0.15) is 5.10 Å². The number of carbonyl (C=O) groups is 1. The number of benzene rings is 2. The second kappa shape index (κ2) is 7.33. The van der Waals surface area contributed by atoms with E-state index < -0.39 is 0 Å². The van der Waals surface area contributed by atoms with Crippen molar-refractivity contribution >= 4 is 22.9 Å². The highest BCUT2D eigenvalue weighted by molar-refractivity contribution is 7.13. The summed E-state index contributed by atoms with van der Waals surface area (Å²) in [6, 6.07) is 19.4. The fraction of sp³-hybridized carbons (Fsp3) is 0.0500. The molecular weight excluding hydrogens is 344 g/mol. The van der Waals surface area contributed by atoms with E-state index in [4.69, 9.17) is 0 Å². The third-order valence-corrected chi connectivity index (χ3v) is 4.89. The van der Waals surface area contributed by atoms with Crippen LogP contribution in [-0.2, 0) is 6.54 Å². The van der Waals surface area contributed by atoms with Crippen LogP contribution in [0.15, 0.2) is 78.7 Å². The first-order chi connectivity index (χ1) is 12.8. The molecule has 0 aliphatic rings.